The van der Waals surface area contributed by atoms with Gasteiger partial charge in [-0.3, -0.25) is 9.00 Å². The first-order chi connectivity index (χ1) is 11.0. The number of hydrogen-bond acceptors (Lipinski definition) is 4. The van der Waals surface area contributed by atoms with E-state index in [-0.39, 0.29) is 5.69 Å². The van der Waals surface area contributed by atoms with Gasteiger partial charge in [-0.05, 0) is 30.9 Å². The summed E-state index contributed by atoms with van der Waals surface area (Å²) in [4.78, 5) is 15.7. The minimum atomic E-state index is -1.01. The molecule has 0 saturated heterocycles. The van der Waals surface area contributed by atoms with Crippen molar-refractivity contribution in [3.8, 4) is 0 Å². The quantitative estimate of drug-likeness (QED) is 0.755. The zero-order chi connectivity index (χ0) is 16.8. The standard InChI is InChI=1S/C16H21N3O3S/c1-23(22)15-8-3-2-5-12(15)6-4-7-13(20)9-19-10-14(16(17)21)18-11-19/h2-3,5,8,10-11,13,20H,4,6-7,9H2,1H3,(H2,17,21). The summed E-state index contributed by atoms with van der Waals surface area (Å²) in [7, 11) is -1.01. The van der Waals surface area contributed by atoms with Gasteiger partial charge in [-0.2, -0.15) is 0 Å². The summed E-state index contributed by atoms with van der Waals surface area (Å²) in [6.07, 6.45) is 6.30. The second-order valence-electron chi connectivity index (χ2n) is 5.43. The molecule has 0 radical (unpaired) electrons. The molecule has 23 heavy (non-hydrogen) atoms. The molecule has 2 rings (SSSR count). The van der Waals surface area contributed by atoms with Gasteiger partial charge in [0, 0.05) is 23.9 Å². The Bertz CT molecular complexity index is 699. The predicted octanol–water partition coefficient (Wildman–Crippen LogP) is 1.10. The summed E-state index contributed by atoms with van der Waals surface area (Å²) in [5.74, 6) is -0.581. The Hall–Kier alpha value is -1.99. The lowest BCUT2D eigenvalue weighted by Gasteiger charge is -2.12. The molecule has 0 bridgehead atoms. The van der Waals surface area contributed by atoms with Crippen LogP contribution in [0.3, 0.4) is 0 Å². The third-order valence-electron chi connectivity index (χ3n) is 3.57. The van der Waals surface area contributed by atoms with E-state index in [0.717, 1.165) is 23.3 Å². The van der Waals surface area contributed by atoms with E-state index >= 15 is 0 Å². The highest BCUT2D eigenvalue weighted by molar-refractivity contribution is 7.84. The summed E-state index contributed by atoms with van der Waals surface area (Å²) < 4.78 is 13.3. The molecule has 1 amide bonds. The van der Waals surface area contributed by atoms with E-state index in [1.807, 2.05) is 24.3 Å². The minimum Gasteiger partial charge on any atom is -0.391 e. The molecule has 6 nitrogen and oxygen atoms in total. The van der Waals surface area contributed by atoms with E-state index in [1.165, 1.54) is 12.5 Å². The first kappa shape index (κ1) is 17.4. The van der Waals surface area contributed by atoms with E-state index in [4.69, 9.17) is 5.73 Å². The number of amides is 1. The van der Waals surface area contributed by atoms with Crippen LogP contribution < -0.4 is 5.73 Å². The Morgan fingerprint density at radius 1 is 1.43 bits per heavy atom. The molecular formula is C16H21N3O3S. The molecule has 1 heterocycles. The van der Waals surface area contributed by atoms with Crippen LogP contribution in [0.2, 0.25) is 0 Å². The van der Waals surface area contributed by atoms with Gasteiger partial charge in [0.1, 0.15) is 5.69 Å². The highest BCUT2D eigenvalue weighted by atomic mass is 32.2. The Morgan fingerprint density at radius 3 is 2.83 bits per heavy atom. The van der Waals surface area contributed by atoms with Crippen molar-refractivity contribution in [2.24, 2.45) is 5.73 Å². The highest BCUT2D eigenvalue weighted by Gasteiger charge is 2.10. The number of benzene rings is 1. The smallest absolute Gasteiger partial charge is 0.268 e. The van der Waals surface area contributed by atoms with Crippen molar-refractivity contribution in [3.05, 3.63) is 48.0 Å². The fraction of sp³-hybridized carbons (Fsp3) is 0.375. The van der Waals surface area contributed by atoms with Crippen LogP contribution in [0.25, 0.3) is 0 Å². The maximum Gasteiger partial charge on any atom is 0.268 e. The number of imidazole rings is 1. The first-order valence-corrected chi connectivity index (χ1v) is 8.94. The lowest BCUT2D eigenvalue weighted by atomic mass is 10.1. The van der Waals surface area contributed by atoms with Crippen molar-refractivity contribution in [1.82, 2.24) is 9.55 Å². The molecule has 3 N–H and O–H groups in total. The van der Waals surface area contributed by atoms with Crippen molar-refractivity contribution in [2.45, 2.75) is 36.8 Å². The van der Waals surface area contributed by atoms with Crippen molar-refractivity contribution in [2.75, 3.05) is 6.26 Å². The molecule has 0 spiro atoms. The number of carbonyl (C=O) groups excluding carboxylic acids is 1. The molecule has 0 aliphatic heterocycles. The fourth-order valence-corrected chi connectivity index (χ4v) is 3.25. The predicted molar refractivity (Wildman–Crippen MR) is 88.5 cm³/mol. The molecule has 2 aromatic rings. The molecule has 0 aliphatic rings. The van der Waals surface area contributed by atoms with Crippen molar-refractivity contribution in [3.63, 3.8) is 0 Å². The molecule has 2 unspecified atom stereocenters. The maximum absolute atomic E-state index is 11.7. The largest absolute Gasteiger partial charge is 0.391 e. The number of carbonyl (C=O) groups is 1. The Morgan fingerprint density at radius 2 is 2.17 bits per heavy atom. The summed E-state index contributed by atoms with van der Waals surface area (Å²) in [5, 5.41) is 10.1. The highest BCUT2D eigenvalue weighted by Crippen LogP contribution is 2.16. The van der Waals surface area contributed by atoms with E-state index in [2.05, 4.69) is 4.98 Å². The molecular weight excluding hydrogens is 314 g/mol. The number of aryl methyl sites for hydroxylation is 1. The van der Waals surface area contributed by atoms with Crippen molar-refractivity contribution in [1.29, 1.82) is 0 Å². The van der Waals surface area contributed by atoms with Gasteiger partial charge in [0.2, 0.25) is 0 Å². The minimum absolute atomic E-state index is 0.191. The van der Waals surface area contributed by atoms with Crippen LogP contribution in [0, 0.1) is 0 Å². The van der Waals surface area contributed by atoms with Crippen LogP contribution >= 0.6 is 0 Å². The molecule has 7 heteroatoms. The van der Waals surface area contributed by atoms with Crippen LogP contribution in [0.5, 0.6) is 0 Å². The summed E-state index contributed by atoms with van der Waals surface area (Å²) in [6.45, 7) is 0.363. The van der Waals surface area contributed by atoms with Gasteiger partial charge in [0.25, 0.3) is 5.91 Å². The van der Waals surface area contributed by atoms with Crippen LogP contribution in [0.4, 0.5) is 0 Å². The zero-order valence-corrected chi connectivity index (χ0v) is 13.8. The van der Waals surface area contributed by atoms with E-state index in [1.54, 1.807) is 10.8 Å². The van der Waals surface area contributed by atoms with Crippen molar-refractivity contribution < 1.29 is 14.1 Å². The van der Waals surface area contributed by atoms with Crippen molar-refractivity contribution >= 4 is 16.7 Å². The Kier molecular flexibility index (Phi) is 6.06. The van der Waals surface area contributed by atoms with Crippen LogP contribution in [0.15, 0.2) is 41.7 Å². The summed E-state index contributed by atoms with van der Waals surface area (Å²) in [5.41, 5.74) is 6.38. The second-order valence-corrected chi connectivity index (χ2v) is 6.78. The number of aliphatic hydroxyl groups is 1. The van der Waals surface area contributed by atoms with Crippen LogP contribution in [-0.4, -0.2) is 37.1 Å². The van der Waals surface area contributed by atoms with Gasteiger partial charge < -0.3 is 15.4 Å². The fourth-order valence-electron chi connectivity index (χ4n) is 2.44. The van der Waals surface area contributed by atoms with Gasteiger partial charge in [-0.15, -0.1) is 0 Å². The number of primary amides is 1. The van der Waals surface area contributed by atoms with E-state index in [9.17, 15) is 14.1 Å². The van der Waals surface area contributed by atoms with Gasteiger partial charge in [0.05, 0.1) is 23.2 Å². The average Bonchev–Trinajstić information content (AvgIpc) is 2.96. The number of rotatable bonds is 8. The number of aliphatic hydroxyl groups excluding tert-OH is 1. The van der Waals surface area contributed by atoms with Crippen LogP contribution in [0.1, 0.15) is 28.9 Å². The molecule has 0 fully saturated rings. The summed E-state index contributed by atoms with van der Waals surface area (Å²) >= 11 is 0. The molecule has 0 saturated carbocycles. The number of hydrogen-bond donors (Lipinski definition) is 2. The van der Waals surface area contributed by atoms with E-state index < -0.39 is 22.8 Å². The third kappa shape index (κ3) is 5.01. The Balaban J connectivity index is 1.84. The number of nitrogens with zero attached hydrogens (tertiary/aromatic N) is 2. The topological polar surface area (TPSA) is 98.2 Å². The van der Waals surface area contributed by atoms with Gasteiger partial charge >= 0.3 is 0 Å². The lowest BCUT2D eigenvalue weighted by Crippen LogP contribution is -2.15. The average molecular weight is 335 g/mol. The van der Waals surface area contributed by atoms with Gasteiger partial charge in [-0.1, -0.05) is 18.2 Å². The van der Waals surface area contributed by atoms with E-state index in [0.29, 0.717) is 13.0 Å². The Labute approximate surface area is 137 Å². The van der Waals surface area contributed by atoms with Gasteiger partial charge in [0.15, 0.2) is 0 Å². The lowest BCUT2D eigenvalue weighted by molar-refractivity contribution is 0.0995. The molecule has 124 valence electrons. The number of aromatic nitrogens is 2. The second kappa shape index (κ2) is 8.03. The van der Waals surface area contributed by atoms with Gasteiger partial charge in [-0.25, -0.2) is 4.98 Å². The molecule has 1 aromatic heterocycles. The normalized spacial score (nSPS) is 13.7. The third-order valence-corrected chi connectivity index (χ3v) is 4.59. The maximum atomic E-state index is 11.7. The molecule has 0 aliphatic carbocycles. The summed E-state index contributed by atoms with van der Waals surface area (Å²) in [6, 6.07) is 7.65. The molecule has 1 aromatic carbocycles. The zero-order valence-electron chi connectivity index (χ0n) is 13.0. The van der Waals surface area contributed by atoms with Crippen LogP contribution in [-0.2, 0) is 23.8 Å². The number of nitrogens with two attached hydrogens (primary N) is 1. The SMILES string of the molecule is CS(=O)c1ccccc1CCCC(O)Cn1cnc(C(N)=O)c1. The monoisotopic (exact) mass is 335 g/mol. The first-order valence-electron chi connectivity index (χ1n) is 7.38. The molecule has 2 atom stereocenters.